The predicted molar refractivity (Wildman–Crippen MR) is 81.0 cm³/mol. The maximum absolute atomic E-state index is 4.52. The van der Waals surface area contributed by atoms with Crippen LogP contribution in [-0.4, -0.2) is 16.5 Å². The summed E-state index contributed by atoms with van der Waals surface area (Å²) < 4.78 is 0. The van der Waals surface area contributed by atoms with E-state index in [1.165, 1.54) is 16.0 Å². The first-order valence-electron chi connectivity index (χ1n) is 6.43. The average molecular weight is 273 g/mol. The monoisotopic (exact) mass is 273 g/mol. The molecule has 0 radical (unpaired) electrons. The van der Waals surface area contributed by atoms with Crippen LogP contribution in [0, 0.1) is 20.8 Å². The number of hydrogen-bond donors (Lipinski definition) is 1. The van der Waals surface area contributed by atoms with Gasteiger partial charge in [0.2, 0.25) is 5.95 Å². The molecule has 0 amide bonds. The molecule has 0 unspecified atom stereocenters. The van der Waals surface area contributed by atoms with E-state index in [9.17, 15) is 0 Å². The van der Waals surface area contributed by atoms with Crippen molar-refractivity contribution < 1.29 is 0 Å². The molecule has 1 N–H and O–H groups in total. The van der Waals surface area contributed by atoms with Crippen LogP contribution in [0.25, 0.3) is 0 Å². The summed E-state index contributed by atoms with van der Waals surface area (Å²) in [6.45, 7) is 9.11. The zero-order valence-corrected chi connectivity index (χ0v) is 12.6. The van der Waals surface area contributed by atoms with Gasteiger partial charge in [-0.2, -0.15) is 0 Å². The lowest BCUT2D eigenvalue weighted by molar-refractivity contribution is 0.984. The van der Waals surface area contributed by atoms with Gasteiger partial charge in [-0.15, -0.1) is 0 Å². The first kappa shape index (κ1) is 13.9. The van der Waals surface area contributed by atoms with E-state index < -0.39 is 0 Å². The van der Waals surface area contributed by atoms with E-state index in [2.05, 4.69) is 47.3 Å². The van der Waals surface area contributed by atoms with Gasteiger partial charge in [0.15, 0.2) is 0 Å². The summed E-state index contributed by atoms with van der Waals surface area (Å²) in [5.74, 6) is 0.703. The lowest BCUT2D eigenvalue weighted by Gasteiger charge is -2.08. The van der Waals surface area contributed by atoms with Crippen LogP contribution in [0.3, 0.4) is 0 Å². The van der Waals surface area contributed by atoms with Crippen molar-refractivity contribution in [1.82, 2.24) is 9.97 Å². The normalized spacial score (nSPS) is 10.5. The van der Waals surface area contributed by atoms with Crippen molar-refractivity contribution in [2.24, 2.45) is 0 Å². The smallest absolute Gasteiger partial charge is 0.223 e. The molecular formula is C15H19N3S. The standard InChI is InChI=1S/C15H19N3S/c1-5-16-15-17-12(4)9-14(18-15)19-13-7-6-10(2)8-11(13)3/h6-9H,5H2,1-4H3,(H,16,17,18). The van der Waals surface area contributed by atoms with E-state index in [1.807, 2.05) is 19.9 Å². The van der Waals surface area contributed by atoms with Gasteiger partial charge in [-0.3, -0.25) is 0 Å². The number of rotatable bonds is 4. The maximum atomic E-state index is 4.52. The van der Waals surface area contributed by atoms with E-state index in [4.69, 9.17) is 0 Å². The highest BCUT2D eigenvalue weighted by molar-refractivity contribution is 7.99. The van der Waals surface area contributed by atoms with E-state index in [0.717, 1.165) is 17.3 Å². The van der Waals surface area contributed by atoms with Gasteiger partial charge in [-0.1, -0.05) is 29.5 Å². The van der Waals surface area contributed by atoms with Crippen LogP contribution < -0.4 is 5.32 Å². The molecule has 1 aromatic carbocycles. The third-order valence-electron chi connectivity index (χ3n) is 2.71. The van der Waals surface area contributed by atoms with Crippen LogP contribution in [0.2, 0.25) is 0 Å². The van der Waals surface area contributed by atoms with Gasteiger partial charge >= 0.3 is 0 Å². The second-order valence-corrected chi connectivity index (χ2v) is 5.63. The summed E-state index contributed by atoms with van der Waals surface area (Å²) >= 11 is 1.69. The van der Waals surface area contributed by atoms with Crippen molar-refractivity contribution in [1.29, 1.82) is 0 Å². The molecule has 0 spiro atoms. The largest absolute Gasteiger partial charge is 0.354 e. The minimum Gasteiger partial charge on any atom is -0.354 e. The molecule has 0 aliphatic heterocycles. The first-order chi connectivity index (χ1) is 9.08. The van der Waals surface area contributed by atoms with E-state index in [0.29, 0.717) is 5.95 Å². The Morgan fingerprint density at radius 1 is 1.11 bits per heavy atom. The summed E-state index contributed by atoms with van der Waals surface area (Å²) in [5, 5.41) is 4.14. The van der Waals surface area contributed by atoms with Crippen LogP contribution in [-0.2, 0) is 0 Å². The molecule has 0 fully saturated rings. The molecule has 0 bridgehead atoms. The number of anilines is 1. The van der Waals surface area contributed by atoms with Crippen molar-refractivity contribution in [2.75, 3.05) is 11.9 Å². The van der Waals surface area contributed by atoms with Gasteiger partial charge in [0.25, 0.3) is 0 Å². The van der Waals surface area contributed by atoms with Crippen molar-refractivity contribution in [3.63, 3.8) is 0 Å². The molecule has 1 aromatic heterocycles. The maximum Gasteiger partial charge on any atom is 0.223 e. The number of benzene rings is 1. The van der Waals surface area contributed by atoms with Crippen molar-refractivity contribution >= 4 is 17.7 Å². The Morgan fingerprint density at radius 3 is 2.58 bits per heavy atom. The molecule has 0 saturated heterocycles. The topological polar surface area (TPSA) is 37.8 Å². The molecule has 2 rings (SSSR count). The van der Waals surface area contributed by atoms with E-state index >= 15 is 0 Å². The van der Waals surface area contributed by atoms with Gasteiger partial charge in [0.1, 0.15) is 5.03 Å². The SMILES string of the molecule is CCNc1nc(C)cc(Sc2ccc(C)cc2C)n1. The minimum absolute atomic E-state index is 0.703. The van der Waals surface area contributed by atoms with E-state index in [-0.39, 0.29) is 0 Å². The molecule has 100 valence electrons. The van der Waals surface area contributed by atoms with E-state index in [1.54, 1.807) is 11.8 Å². The average Bonchev–Trinajstić information content (AvgIpc) is 2.32. The number of nitrogens with one attached hydrogen (secondary N) is 1. The van der Waals surface area contributed by atoms with Gasteiger partial charge in [0.05, 0.1) is 0 Å². The third-order valence-corrected chi connectivity index (χ3v) is 3.81. The lowest BCUT2D eigenvalue weighted by atomic mass is 10.2. The van der Waals surface area contributed by atoms with Gasteiger partial charge < -0.3 is 5.32 Å². The van der Waals surface area contributed by atoms with Gasteiger partial charge in [-0.05, 0) is 45.4 Å². The Bertz CT molecular complexity index is 582. The third kappa shape index (κ3) is 3.70. The summed E-state index contributed by atoms with van der Waals surface area (Å²) in [5.41, 5.74) is 3.55. The van der Waals surface area contributed by atoms with Gasteiger partial charge in [0, 0.05) is 17.1 Å². The molecule has 0 saturated carbocycles. The van der Waals surface area contributed by atoms with Crippen LogP contribution >= 0.6 is 11.8 Å². The second-order valence-electron chi connectivity index (χ2n) is 4.57. The Kier molecular flexibility index (Phi) is 4.43. The molecule has 0 atom stereocenters. The number of hydrogen-bond acceptors (Lipinski definition) is 4. The fraction of sp³-hybridized carbons (Fsp3) is 0.333. The highest BCUT2D eigenvalue weighted by atomic mass is 32.2. The van der Waals surface area contributed by atoms with Gasteiger partial charge in [-0.25, -0.2) is 9.97 Å². The zero-order valence-electron chi connectivity index (χ0n) is 11.8. The quantitative estimate of drug-likeness (QED) is 0.855. The number of nitrogens with zero attached hydrogens (tertiary/aromatic N) is 2. The highest BCUT2D eigenvalue weighted by Gasteiger charge is 2.06. The second kappa shape index (κ2) is 6.06. The Labute approximate surface area is 118 Å². The summed E-state index contributed by atoms with van der Waals surface area (Å²) in [6, 6.07) is 8.50. The van der Waals surface area contributed by atoms with Crippen molar-refractivity contribution in [2.45, 2.75) is 37.6 Å². The van der Waals surface area contributed by atoms with Crippen molar-refractivity contribution in [3.8, 4) is 0 Å². The zero-order chi connectivity index (χ0) is 13.8. The molecular weight excluding hydrogens is 254 g/mol. The summed E-state index contributed by atoms with van der Waals surface area (Å²) in [4.78, 5) is 10.1. The summed E-state index contributed by atoms with van der Waals surface area (Å²) in [7, 11) is 0. The summed E-state index contributed by atoms with van der Waals surface area (Å²) in [6.07, 6.45) is 0. The van der Waals surface area contributed by atoms with Crippen LogP contribution in [0.4, 0.5) is 5.95 Å². The van der Waals surface area contributed by atoms with Crippen LogP contribution in [0.5, 0.6) is 0 Å². The fourth-order valence-corrected chi connectivity index (χ4v) is 2.80. The molecule has 2 aromatic rings. The number of aryl methyl sites for hydroxylation is 3. The molecule has 4 heteroatoms. The lowest BCUT2D eigenvalue weighted by Crippen LogP contribution is -2.03. The molecule has 0 aliphatic rings. The predicted octanol–water partition coefficient (Wildman–Crippen LogP) is 3.98. The Morgan fingerprint density at radius 2 is 1.89 bits per heavy atom. The fourth-order valence-electron chi connectivity index (χ4n) is 1.86. The molecule has 19 heavy (non-hydrogen) atoms. The van der Waals surface area contributed by atoms with Crippen LogP contribution in [0.1, 0.15) is 23.7 Å². The first-order valence-corrected chi connectivity index (χ1v) is 7.25. The van der Waals surface area contributed by atoms with Crippen LogP contribution in [0.15, 0.2) is 34.2 Å². The molecule has 0 aliphatic carbocycles. The Hall–Kier alpha value is -1.55. The molecule has 1 heterocycles. The Balaban J connectivity index is 2.27. The highest BCUT2D eigenvalue weighted by Crippen LogP contribution is 2.30. The van der Waals surface area contributed by atoms with Crippen molar-refractivity contribution in [3.05, 3.63) is 41.1 Å². The number of aromatic nitrogens is 2. The minimum atomic E-state index is 0.703. The molecule has 3 nitrogen and oxygen atoms in total.